The third-order valence-electron chi connectivity index (χ3n) is 1.89. The van der Waals surface area contributed by atoms with Crippen molar-refractivity contribution in [2.75, 3.05) is 0 Å². The van der Waals surface area contributed by atoms with Crippen LogP contribution in [0.1, 0.15) is 5.56 Å². The minimum atomic E-state index is -1.05. The highest BCUT2D eigenvalue weighted by molar-refractivity contribution is 6.01. The zero-order valence-electron chi connectivity index (χ0n) is 8.09. The Morgan fingerprint density at radius 2 is 1.60 bits per heavy atom. The molecule has 4 nitrogen and oxygen atoms in total. The Balaban J connectivity index is 2.79. The molecule has 78 valence electrons. The normalized spacial score (nSPS) is 10.7. The van der Waals surface area contributed by atoms with Gasteiger partial charge in [-0.3, -0.25) is 9.59 Å². The van der Waals surface area contributed by atoms with Gasteiger partial charge in [0.1, 0.15) is 5.92 Å². The van der Waals surface area contributed by atoms with Crippen molar-refractivity contribution in [3.05, 3.63) is 42.0 Å². The lowest BCUT2D eigenvalue weighted by atomic mass is 10.1. The first-order valence-corrected chi connectivity index (χ1v) is 4.43. The van der Waals surface area contributed by atoms with E-state index in [2.05, 4.69) is 0 Å². The molecule has 0 aromatic heterocycles. The van der Waals surface area contributed by atoms with Crippen LogP contribution in [0.25, 0.3) is 6.08 Å². The van der Waals surface area contributed by atoms with E-state index in [0.29, 0.717) is 0 Å². The number of carbonyl (C=O) groups is 2. The van der Waals surface area contributed by atoms with Crippen molar-refractivity contribution >= 4 is 17.9 Å². The maximum Gasteiger partial charge on any atom is 0.233 e. The van der Waals surface area contributed by atoms with Crippen molar-refractivity contribution in [2.45, 2.75) is 0 Å². The van der Waals surface area contributed by atoms with Crippen molar-refractivity contribution in [3.8, 4) is 0 Å². The van der Waals surface area contributed by atoms with Crippen LogP contribution in [0.5, 0.6) is 0 Å². The minimum Gasteiger partial charge on any atom is -0.369 e. The van der Waals surface area contributed by atoms with E-state index in [1.54, 1.807) is 6.08 Å². The van der Waals surface area contributed by atoms with Crippen LogP contribution in [-0.2, 0) is 9.59 Å². The third-order valence-corrected chi connectivity index (χ3v) is 1.89. The molecule has 0 atom stereocenters. The summed E-state index contributed by atoms with van der Waals surface area (Å²) in [5, 5.41) is 0. The van der Waals surface area contributed by atoms with Crippen molar-refractivity contribution in [1.29, 1.82) is 0 Å². The average molecular weight is 204 g/mol. The van der Waals surface area contributed by atoms with Crippen LogP contribution in [0.2, 0.25) is 0 Å². The first-order valence-electron chi connectivity index (χ1n) is 4.43. The summed E-state index contributed by atoms with van der Waals surface area (Å²) in [6, 6.07) is 9.26. The molecule has 0 unspecified atom stereocenters. The van der Waals surface area contributed by atoms with Crippen LogP contribution in [-0.4, -0.2) is 11.8 Å². The van der Waals surface area contributed by atoms with Crippen molar-refractivity contribution in [1.82, 2.24) is 0 Å². The fourth-order valence-corrected chi connectivity index (χ4v) is 1.10. The lowest BCUT2D eigenvalue weighted by molar-refractivity contribution is -0.129. The molecule has 0 radical (unpaired) electrons. The van der Waals surface area contributed by atoms with Gasteiger partial charge < -0.3 is 11.5 Å². The van der Waals surface area contributed by atoms with Gasteiger partial charge in [0.2, 0.25) is 11.8 Å². The number of hydrogen-bond acceptors (Lipinski definition) is 2. The Morgan fingerprint density at radius 1 is 1.07 bits per heavy atom. The van der Waals surface area contributed by atoms with Gasteiger partial charge in [0.25, 0.3) is 0 Å². The van der Waals surface area contributed by atoms with Crippen LogP contribution in [0.4, 0.5) is 0 Å². The quantitative estimate of drug-likeness (QED) is 0.690. The average Bonchev–Trinajstić information content (AvgIpc) is 2.18. The van der Waals surface area contributed by atoms with E-state index in [1.807, 2.05) is 30.3 Å². The Bertz CT molecular complexity index is 371. The van der Waals surface area contributed by atoms with E-state index in [9.17, 15) is 9.59 Å². The van der Waals surface area contributed by atoms with Gasteiger partial charge in [0.05, 0.1) is 0 Å². The van der Waals surface area contributed by atoms with Gasteiger partial charge in [-0.2, -0.15) is 0 Å². The summed E-state index contributed by atoms with van der Waals surface area (Å²) in [6.45, 7) is 0. The molecule has 0 aliphatic carbocycles. The fraction of sp³-hybridized carbons (Fsp3) is 0.0909. The molecule has 0 aliphatic rings. The van der Waals surface area contributed by atoms with Gasteiger partial charge in [0.15, 0.2) is 0 Å². The number of carbonyl (C=O) groups excluding carboxylic acids is 2. The number of nitrogens with two attached hydrogens (primary N) is 2. The molecule has 0 aliphatic heterocycles. The standard InChI is InChI=1S/C11H12N2O2/c12-10(14)9(11(13)15)7-6-8-4-2-1-3-5-8/h1-7,9H,(H2,12,14)(H2,13,15). The van der Waals surface area contributed by atoms with Crippen LogP contribution in [0.3, 0.4) is 0 Å². The summed E-state index contributed by atoms with van der Waals surface area (Å²) in [7, 11) is 0. The topological polar surface area (TPSA) is 86.2 Å². The lowest BCUT2D eigenvalue weighted by Crippen LogP contribution is -2.33. The molecule has 0 bridgehead atoms. The number of amides is 2. The molecular formula is C11H12N2O2. The highest BCUT2D eigenvalue weighted by Crippen LogP contribution is 2.05. The van der Waals surface area contributed by atoms with Gasteiger partial charge in [-0.25, -0.2) is 0 Å². The zero-order chi connectivity index (χ0) is 11.3. The molecule has 4 N–H and O–H groups in total. The van der Waals surface area contributed by atoms with E-state index in [4.69, 9.17) is 11.5 Å². The summed E-state index contributed by atoms with van der Waals surface area (Å²) >= 11 is 0. The molecule has 2 amide bonds. The molecule has 4 heteroatoms. The second-order valence-electron chi connectivity index (χ2n) is 3.05. The number of hydrogen-bond donors (Lipinski definition) is 2. The van der Waals surface area contributed by atoms with Crippen LogP contribution in [0, 0.1) is 5.92 Å². The molecular weight excluding hydrogens is 192 g/mol. The van der Waals surface area contributed by atoms with Gasteiger partial charge in [-0.15, -0.1) is 0 Å². The van der Waals surface area contributed by atoms with E-state index in [-0.39, 0.29) is 0 Å². The fourth-order valence-electron chi connectivity index (χ4n) is 1.10. The summed E-state index contributed by atoms with van der Waals surface area (Å²) < 4.78 is 0. The van der Waals surface area contributed by atoms with Crippen LogP contribution >= 0.6 is 0 Å². The molecule has 1 aromatic carbocycles. The molecule has 1 aromatic rings. The maximum atomic E-state index is 10.8. The predicted molar refractivity (Wildman–Crippen MR) is 57.4 cm³/mol. The Morgan fingerprint density at radius 3 is 2.07 bits per heavy atom. The predicted octanol–water partition coefficient (Wildman–Crippen LogP) is 0.287. The second-order valence-corrected chi connectivity index (χ2v) is 3.05. The van der Waals surface area contributed by atoms with E-state index in [0.717, 1.165) is 5.56 Å². The SMILES string of the molecule is NC(=O)C(C=Cc1ccccc1)C(N)=O. The minimum absolute atomic E-state index is 0.741. The molecule has 0 fully saturated rings. The molecule has 0 saturated heterocycles. The van der Waals surface area contributed by atoms with Gasteiger partial charge in [-0.1, -0.05) is 42.5 Å². The molecule has 15 heavy (non-hydrogen) atoms. The summed E-state index contributed by atoms with van der Waals surface area (Å²) in [4.78, 5) is 21.7. The maximum absolute atomic E-state index is 10.8. The number of primary amides is 2. The number of rotatable bonds is 4. The molecule has 0 spiro atoms. The van der Waals surface area contributed by atoms with Crippen molar-refractivity contribution in [3.63, 3.8) is 0 Å². The smallest absolute Gasteiger partial charge is 0.233 e. The first-order chi connectivity index (χ1) is 7.11. The highest BCUT2D eigenvalue weighted by atomic mass is 16.2. The molecule has 1 rings (SSSR count). The second kappa shape index (κ2) is 4.95. The largest absolute Gasteiger partial charge is 0.369 e. The third kappa shape index (κ3) is 3.27. The van der Waals surface area contributed by atoms with Gasteiger partial charge in [-0.05, 0) is 5.56 Å². The molecule has 0 saturated carbocycles. The zero-order valence-corrected chi connectivity index (χ0v) is 8.09. The molecule has 0 heterocycles. The monoisotopic (exact) mass is 204 g/mol. The van der Waals surface area contributed by atoms with Gasteiger partial charge >= 0.3 is 0 Å². The van der Waals surface area contributed by atoms with E-state index in [1.165, 1.54) is 6.08 Å². The lowest BCUT2D eigenvalue weighted by Gasteiger charge is -2.02. The van der Waals surface area contributed by atoms with E-state index >= 15 is 0 Å². The Hall–Kier alpha value is -2.10. The van der Waals surface area contributed by atoms with Crippen LogP contribution in [0.15, 0.2) is 36.4 Å². The van der Waals surface area contributed by atoms with Crippen LogP contribution < -0.4 is 11.5 Å². The summed E-state index contributed by atoms with van der Waals surface area (Å²) in [5.41, 5.74) is 10.9. The number of benzene rings is 1. The summed E-state index contributed by atoms with van der Waals surface area (Å²) in [5.74, 6) is -2.53. The van der Waals surface area contributed by atoms with Crippen molar-refractivity contribution in [2.24, 2.45) is 17.4 Å². The van der Waals surface area contributed by atoms with E-state index < -0.39 is 17.7 Å². The van der Waals surface area contributed by atoms with Crippen molar-refractivity contribution < 1.29 is 9.59 Å². The Kier molecular flexibility index (Phi) is 3.62. The highest BCUT2D eigenvalue weighted by Gasteiger charge is 2.17. The Labute approximate surface area is 87.6 Å². The summed E-state index contributed by atoms with van der Waals surface area (Å²) in [6.07, 6.45) is 3.04. The van der Waals surface area contributed by atoms with Gasteiger partial charge in [0, 0.05) is 0 Å². The first kappa shape index (κ1) is 11.0.